The topological polar surface area (TPSA) is 104 Å². The number of benzene rings is 1. The van der Waals surface area contributed by atoms with Crippen LogP contribution in [0, 0.1) is 5.41 Å². The van der Waals surface area contributed by atoms with Gasteiger partial charge in [0.2, 0.25) is 15.9 Å². The third-order valence-corrected chi connectivity index (χ3v) is 6.90. The highest BCUT2D eigenvalue weighted by Gasteiger charge is 2.50. The van der Waals surface area contributed by atoms with Gasteiger partial charge in [0, 0.05) is 26.1 Å². The molecule has 0 aromatic heterocycles. The first kappa shape index (κ1) is 20.4. The highest BCUT2D eigenvalue weighted by molar-refractivity contribution is 7.89. The molecule has 2 rings (SSSR count). The molecule has 1 aromatic rings. The van der Waals surface area contributed by atoms with Gasteiger partial charge in [-0.05, 0) is 37.0 Å². The number of aryl methyl sites for hydroxylation is 1. The Morgan fingerprint density at radius 2 is 1.73 bits per heavy atom. The monoisotopic (exact) mass is 382 g/mol. The van der Waals surface area contributed by atoms with E-state index in [9.17, 15) is 18.0 Å². The fourth-order valence-electron chi connectivity index (χ4n) is 2.77. The van der Waals surface area contributed by atoms with Gasteiger partial charge in [0.15, 0.2) is 0 Å². The summed E-state index contributed by atoms with van der Waals surface area (Å²) in [5.41, 5.74) is 0.0915. The fourth-order valence-corrected chi connectivity index (χ4v) is 4.23. The van der Waals surface area contributed by atoms with Crippen molar-refractivity contribution in [3.05, 3.63) is 29.8 Å². The van der Waals surface area contributed by atoms with Crippen LogP contribution in [0.15, 0.2) is 29.2 Å². The minimum atomic E-state index is -3.48. The number of nitrogens with one attached hydrogen (secondary N) is 1. The van der Waals surface area contributed by atoms with Gasteiger partial charge >= 0.3 is 5.97 Å². The zero-order valence-electron chi connectivity index (χ0n) is 15.2. The Hall–Kier alpha value is -1.93. The van der Waals surface area contributed by atoms with Gasteiger partial charge in [-0.25, -0.2) is 8.42 Å². The van der Waals surface area contributed by atoms with Crippen LogP contribution < -0.4 is 5.32 Å². The quantitative estimate of drug-likeness (QED) is 0.640. The molecule has 1 aliphatic rings. The lowest BCUT2D eigenvalue weighted by molar-refractivity contribution is -0.143. The Labute approximate surface area is 154 Å². The Balaban J connectivity index is 1.87. The molecule has 144 valence electrons. The van der Waals surface area contributed by atoms with E-state index in [1.807, 2.05) is 0 Å². The van der Waals surface area contributed by atoms with Crippen molar-refractivity contribution in [1.29, 1.82) is 0 Å². The van der Waals surface area contributed by atoms with Crippen LogP contribution in [-0.4, -0.2) is 49.3 Å². The average molecular weight is 382 g/mol. The van der Waals surface area contributed by atoms with Crippen LogP contribution in [0.4, 0.5) is 0 Å². The van der Waals surface area contributed by atoms with E-state index in [0.29, 0.717) is 32.4 Å². The summed E-state index contributed by atoms with van der Waals surface area (Å²) in [6.07, 6.45) is 1.91. The molecular formula is C18H26N2O5S. The minimum absolute atomic E-state index is 0.169. The Kier molecular flexibility index (Phi) is 6.41. The standard InChI is InChI=1S/C18H26N2O5S/c1-3-20(4-2)26(24,25)15-8-5-14(6-9-15)7-10-16(21)19-13-18(11-12-18)17(22)23/h5-6,8-9H,3-4,7,10-13H2,1-2H3,(H,19,21)(H,22,23). The van der Waals surface area contributed by atoms with E-state index in [2.05, 4.69) is 5.32 Å². The van der Waals surface area contributed by atoms with E-state index in [4.69, 9.17) is 5.11 Å². The maximum atomic E-state index is 12.4. The maximum Gasteiger partial charge on any atom is 0.311 e. The third-order valence-electron chi connectivity index (χ3n) is 4.84. The molecule has 0 bridgehead atoms. The summed E-state index contributed by atoms with van der Waals surface area (Å²) in [7, 11) is -3.48. The second kappa shape index (κ2) is 8.18. The molecule has 1 fully saturated rings. The number of nitrogens with zero attached hydrogens (tertiary/aromatic N) is 1. The van der Waals surface area contributed by atoms with Crippen molar-refractivity contribution in [3.8, 4) is 0 Å². The molecule has 0 radical (unpaired) electrons. The van der Waals surface area contributed by atoms with E-state index in [-0.39, 0.29) is 23.8 Å². The second-order valence-electron chi connectivity index (χ2n) is 6.60. The van der Waals surface area contributed by atoms with Crippen LogP contribution in [-0.2, 0) is 26.0 Å². The van der Waals surface area contributed by atoms with Crippen molar-refractivity contribution in [1.82, 2.24) is 9.62 Å². The highest BCUT2D eigenvalue weighted by Crippen LogP contribution is 2.45. The van der Waals surface area contributed by atoms with E-state index >= 15 is 0 Å². The lowest BCUT2D eigenvalue weighted by atomic mass is 10.1. The Bertz CT molecular complexity index is 750. The molecule has 0 spiro atoms. The number of carbonyl (C=O) groups excluding carboxylic acids is 1. The largest absolute Gasteiger partial charge is 0.481 e. The summed E-state index contributed by atoms with van der Waals surface area (Å²) in [5, 5.41) is 11.8. The number of carboxylic acids is 1. The SMILES string of the molecule is CCN(CC)S(=O)(=O)c1ccc(CCC(=O)NCC2(C(=O)O)CC2)cc1. The van der Waals surface area contributed by atoms with Crippen LogP contribution in [0.5, 0.6) is 0 Å². The lowest BCUT2D eigenvalue weighted by Gasteiger charge is -2.18. The van der Waals surface area contributed by atoms with Gasteiger partial charge in [-0.15, -0.1) is 0 Å². The van der Waals surface area contributed by atoms with Crippen LogP contribution >= 0.6 is 0 Å². The van der Waals surface area contributed by atoms with Crippen molar-refractivity contribution >= 4 is 21.9 Å². The zero-order chi connectivity index (χ0) is 19.4. The zero-order valence-corrected chi connectivity index (χ0v) is 16.0. The average Bonchev–Trinajstić information content (AvgIpc) is 3.41. The smallest absolute Gasteiger partial charge is 0.311 e. The summed E-state index contributed by atoms with van der Waals surface area (Å²) in [5.74, 6) is -1.06. The second-order valence-corrected chi connectivity index (χ2v) is 8.53. The molecule has 1 saturated carbocycles. The van der Waals surface area contributed by atoms with Gasteiger partial charge in [-0.1, -0.05) is 26.0 Å². The van der Waals surface area contributed by atoms with E-state index in [1.165, 1.54) is 4.31 Å². The van der Waals surface area contributed by atoms with E-state index < -0.39 is 21.4 Å². The fraction of sp³-hybridized carbons (Fsp3) is 0.556. The summed E-state index contributed by atoms with van der Waals surface area (Å²) < 4.78 is 26.2. The number of carbonyl (C=O) groups is 2. The number of rotatable bonds is 10. The van der Waals surface area contributed by atoms with Gasteiger partial charge in [0.05, 0.1) is 10.3 Å². The molecule has 0 heterocycles. The number of sulfonamides is 1. The molecule has 0 unspecified atom stereocenters. The van der Waals surface area contributed by atoms with Crippen molar-refractivity contribution < 1.29 is 23.1 Å². The Morgan fingerprint density at radius 1 is 1.15 bits per heavy atom. The van der Waals surface area contributed by atoms with Crippen molar-refractivity contribution in [2.75, 3.05) is 19.6 Å². The van der Waals surface area contributed by atoms with Crippen LogP contribution in [0.3, 0.4) is 0 Å². The van der Waals surface area contributed by atoms with E-state index in [0.717, 1.165) is 5.56 Å². The summed E-state index contributed by atoms with van der Waals surface area (Å²) >= 11 is 0. The number of aliphatic carboxylic acids is 1. The molecular weight excluding hydrogens is 356 g/mol. The molecule has 26 heavy (non-hydrogen) atoms. The van der Waals surface area contributed by atoms with Crippen molar-refractivity contribution in [3.63, 3.8) is 0 Å². The predicted octanol–water partition coefficient (Wildman–Crippen LogP) is 1.63. The first-order valence-corrected chi connectivity index (χ1v) is 10.3. The minimum Gasteiger partial charge on any atom is -0.481 e. The predicted molar refractivity (Wildman–Crippen MR) is 97.2 cm³/mol. The molecule has 0 aliphatic heterocycles. The number of hydrogen-bond donors (Lipinski definition) is 2. The number of amides is 1. The summed E-state index contributed by atoms with van der Waals surface area (Å²) in [6.45, 7) is 4.59. The third kappa shape index (κ3) is 4.62. The molecule has 1 amide bonds. The molecule has 0 atom stereocenters. The molecule has 7 nitrogen and oxygen atoms in total. The van der Waals surface area contributed by atoms with Gasteiger partial charge in [-0.3, -0.25) is 9.59 Å². The first-order valence-electron chi connectivity index (χ1n) is 8.84. The Morgan fingerprint density at radius 3 is 2.19 bits per heavy atom. The van der Waals surface area contributed by atoms with Crippen molar-refractivity contribution in [2.24, 2.45) is 5.41 Å². The highest BCUT2D eigenvalue weighted by atomic mass is 32.2. The van der Waals surface area contributed by atoms with Gasteiger partial charge in [0.25, 0.3) is 0 Å². The van der Waals surface area contributed by atoms with Crippen molar-refractivity contribution in [2.45, 2.75) is 44.4 Å². The number of hydrogen-bond acceptors (Lipinski definition) is 4. The molecule has 8 heteroatoms. The van der Waals surface area contributed by atoms with E-state index in [1.54, 1.807) is 38.1 Å². The van der Waals surface area contributed by atoms with Gasteiger partial charge < -0.3 is 10.4 Å². The van der Waals surface area contributed by atoms with Crippen LogP contribution in [0.25, 0.3) is 0 Å². The molecule has 1 aromatic carbocycles. The van der Waals surface area contributed by atoms with Crippen LogP contribution in [0.1, 0.15) is 38.7 Å². The molecule has 2 N–H and O–H groups in total. The van der Waals surface area contributed by atoms with Gasteiger partial charge in [0.1, 0.15) is 0 Å². The van der Waals surface area contributed by atoms with Crippen LogP contribution in [0.2, 0.25) is 0 Å². The molecule has 1 aliphatic carbocycles. The normalized spacial score (nSPS) is 15.7. The molecule has 0 saturated heterocycles. The lowest BCUT2D eigenvalue weighted by Crippen LogP contribution is -2.34. The summed E-state index contributed by atoms with van der Waals surface area (Å²) in [4.78, 5) is 23.2. The first-order chi connectivity index (χ1) is 12.2. The van der Waals surface area contributed by atoms with Gasteiger partial charge in [-0.2, -0.15) is 4.31 Å². The maximum absolute atomic E-state index is 12.4. The number of carboxylic acid groups (broad SMARTS) is 1. The summed E-state index contributed by atoms with van der Waals surface area (Å²) in [6, 6.07) is 6.54.